The largest absolute Gasteiger partial charge is 0.379 e. The Balaban J connectivity index is 1.52. The van der Waals surface area contributed by atoms with Crippen molar-refractivity contribution in [3.63, 3.8) is 0 Å². The molecule has 8 heteroatoms. The standard InChI is InChI=1S/C15H19ClN6O/c16-12-2-1-3-13(10-12)19-15-20-14(11-18-21-15)17-4-5-22-6-8-23-9-7-22/h1-3,10-11H,4-9H2,(H2,17,19,20,21). The van der Waals surface area contributed by atoms with Gasteiger partial charge in [0.25, 0.3) is 0 Å². The van der Waals surface area contributed by atoms with Crippen molar-refractivity contribution >= 4 is 29.1 Å². The van der Waals surface area contributed by atoms with Gasteiger partial charge in [-0.3, -0.25) is 4.90 Å². The van der Waals surface area contributed by atoms with E-state index < -0.39 is 0 Å². The fourth-order valence-corrected chi connectivity index (χ4v) is 2.49. The van der Waals surface area contributed by atoms with Crippen LogP contribution in [0.25, 0.3) is 0 Å². The zero-order chi connectivity index (χ0) is 15.9. The predicted molar refractivity (Wildman–Crippen MR) is 90.3 cm³/mol. The van der Waals surface area contributed by atoms with E-state index in [1.165, 1.54) is 0 Å². The molecule has 2 aromatic rings. The van der Waals surface area contributed by atoms with Gasteiger partial charge < -0.3 is 15.4 Å². The van der Waals surface area contributed by atoms with E-state index >= 15 is 0 Å². The molecule has 1 aromatic carbocycles. The van der Waals surface area contributed by atoms with Gasteiger partial charge in [0.05, 0.1) is 19.4 Å². The van der Waals surface area contributed by atoms with Gasteiger partial charge in [-0.05, 0) is 18.2 Å². The lowest BCUT2D eigenvalue weighted by Gasteiger charge is -2.26. The Morgan fingerprint density at radius 1 is 1.26 bits per heavy atom. The summed E-state index contributed by atoms with van der Waals surface area (Å²) in [6.07, 6.45) is 1.61. The number of ether oxygens (including phenoxy) is 1. The Labute approximate surface area is 140 Å². The van der Waals surface area contributed by atoms with Crippen LogP contribution in [0.2, 0.25) is 5.02 Å². The molecule has 0 spiro atoms. The maximum absolute atomic E-state index is 5.96. The van der Waals surface area contributed by atoms with Gasteiger partial charge in [0.15, 0.2) is 5.82 Å². The van der Waals surface area contributed by atoms with Gasteiger partial charge in [-0.1, -0.05) is 17.7 Å². The summed E-state index contributed by atoms with van der Waals surface area (Å²) in [6, 6.07) is 7.38. The summed E-state index contributed by atoms with van der Waals surface area (Å²) in [7, 11) is 0. The molecule has 7 nitrogen and oxygen atoms in total. The molecule has 1 fully saturated rings. The van der Waals surface area contributed by atoms with E-state index in [2.05, 4.69) is 30.7 Å². The Hall–Kier alpha value is -1.96. The summed E-state index contributed by atoms with van der Waals surface area (Å²) < 4.78 is 5.33. The smallest absolute Gasteiger partial charge is 0.249 e. The second kappa shape index (κ2) is 8.05. The van der Waals surface area contributed by atoms with Gasteiger partial charge in [-0.25, -0.2) is 0 Å². The lowest BCUT2D eigenvalue weighted by molar-refractivity contribution is 0.0398. The Morgan fingerprint density at radius 2 is 2.13 bits per heavy atom. The van der Waals surface area contributed by atoms with E-state index in [0.29, 0.717) is 16.8 Å². The summed E-state index contributed by atoms with van der Waals surface area (Å²) in [5.74, 6) is 1.13. The fraction of sp³-hybridized carbons (Fsp3) is 0.400. The molecule has 23 heavy (non-hydrogen) atoms. The van der Waals surface area contributed by atoms with E-state index in [1.807, 2.05) is 24.3 Å². The van der Waals surface area contributed by atoms with E-state index in [0.717, 1.165) is 45.1 Å². The highest BCUT2D eigenvalue weighted by atomic mass is 35.5. The van der Waals surface area contributed by atoms with E-state index in [9.17, 15) is 0 Å². The number of hydrogen-bond acceptors (Lipinski definition) is 7. The average Bonchev–Trinajstić information content (AvgIpc) is 2.56. The maximum atomic E-state index is 5.96. The zero-order valence-electron chi connectivity index (χ0n) is 12.7. The number of morpholine rings is 1. The highest BCUT2D eigenvalue weighted by molar-refractivity contribution is 6.30. The van der Waals surface area contributed by atoms with Crippen molar-refractivity contribution < 1.29 is 4.74 Å². The van der Waals surface area contributed by atoms with Crippen LogP contribution in [0.1, 0.15) is 0 Å². The molecule has 1 saturated heterocycles. The number of nitrogens with zero attached hydrogens (tertiary/aromatic N) is 4. The Bertz CT molecular complexity index is 635. The van der Waals surface area contributed by atoms with E-state index in [1.54, 1.807) is 6.20 Å². The van der Waals surface area contributed by atoms with Crippen LogP contribution in [0.15, 0.2) is 30.5 Å². The summed E-state index contributed by atoms with van der Waals surface area (Å²) in [4.78, 5) is 6.76. The van der Waals surface area contributed by atoms with Crippen LogP contribution in [-0.4, -0.2) is 59.5 Å². The molecular weight excluding hydrogens is 316 g/mol. The highest BCUT2D eigenvalue weighted by Crippen LogP contribution is 2.18. The maximum Gasteiger partial charge on any atom is 0.249 e. The van der Waals surface area contributed by atoms with Gasteiger partial charge in [0.1, 0.15) is 0 Å². The molecule has 122 valence electrons. The molecule has 0 unspecified atom stereocenters. The van der Waals surface area contributed by atoms with Crippen LogP contribution < -0.4 is 10.6 Å². The van der Waals surface area contributed by atoms with Crippen LogP contribution in [0.5, 0.6) is 0 Å². The number of hydrogen-bond donors (Lipinski definition) is 2. The molecule has 0 radical (unpaired) electrons. The molecule has 0 aliphatic carbocycles. The molecule has 3 rings (SSSR count). The zero-order valence-corrected chi connectivity index (χ0v) is 13.5. The Kier molecular flexibility index (Phi) is 5.57. The van der Waals surface area contributed by atoms with Gasteiger partial charge in [-0.2, -0.15) is 10.1 Å². The van der Waals surface area contributed by atoms with Crippen molar-refractivity contribution in [2.45, 2.75) is 0 Å². The number of halogens is 1. The third-order valence-corrected chi connectivity index (χ3v) is 3.71. The van der Waals surface area contributed by atoms with Crippen molar-refractivity contribution in [2.75, 3.05) is 50.0 Å². The monoisotopic (exact) mass is 334 g/mol. The van der Waals surface area contributed by atoms with E-state index in [4.69, 9.17) is 16.3 Å². The third-order valence-electron chi connectivity index (χ3n) is 3.48. The fourth-order valence-electron chi connectivity index (χ4n) is 2.30. The van der Waals surface area contributed by atoms with Gasteiger partial charge >= 0.3 is 0 Å². The van der Waals surface area contributed by atoms with Crippen LogP contribution >= 0.6 is 11.6 Å². The van der Waals surface area contributed by atoms with Crippen molar-refractivity contribution in [1.29, 1.82) is 0 Å². The number of nitrogens with one attached hydrogen (secondary N) is 2. The third kappa shape index (κ3) is 5.02. The number of rotatable bonds is 6. The van der Waals surface area contributed by atoms with Gasteiger partial charge in [-0.15, -0.1) is 5.10 Å². The summed E-state index contributed by atoms with van der Waals surface area (Å²) in [5, 5.41) is 15.0. The number of aromatic nitrogens is 3. The molecule has 2 N–H and O–H groups in total. The van der Waals surface area contributed by atoms with Crippen molar-refractivity contribution in [3.8, 4) is 0 Å². The normalized spacial score (nSPS) is 15.3. The molecule has 0 amide bonds. The van der Waals surface area contributed by atoms with Crippen LogP contribution in [0, 0.1) is 0 Å². The quantitative estimate of drug-likeness (QED) is 0.837. The molecule has 0 bridgehead atoms. The minimum Gasteiger partial charge on any atom is -0.379 e. The minimum absolute atomic E-state index is 0.434. The average molecular weight is 335 g/mol. The SMILES string of the molecule is Clc1cccc(Nc2nncc(NCCN3CCOCC3)n2)c1. The van der Waals surface area contributed by atoms with E-state index in [-0.39, 0.29) is 0 Å². The molecular formula is C15H19ClN6O. The first kappa shape index (κ1) is 15.9. The minimum atomic E-state index is 0.434. The van der Waals surface area contributed by atoms with Crippen LogP contribution in [0.4, 0.5) is 17.5 Å². The summed E-state index contributed by atoms with van der Waals surface area (Å²) >= 11 is 5.96. The predicted octanol–water partition coefficient (Wildman–Crippen LogP) is 2.01. The van der Waals surface area contributed by atoms with Crippen LogP contribution in [-0.2, 0) is 4.74 Å². The number of anilines is 3. The molecule has 0 atom stereocenters. The highest BCUT2D eigenvalue weighted by Gasteiger charge is 2.09. The summed E-state index contributed by atoms with van der Waals surface area (Å²) in [6.45, 7) is 5.32. The van der Waals surface area contributed by atoms with Crippen molar-refractivity contribution in [2.24, 2.45) is 0 Å². The lowest BCUT2D eigenvalue weighted by atomic mass is 10.3. The van der Waals surface area contributed by atoms with Gasteiger partial charge in [0.2, 0.25) is 5.95 Å². The summed E-state index contributed by atoms with van der Waals surface area (Å²) in [5.41, 5.74) is 0.824. The van der Waals surface area contributed by atoms with Crippen molar-refractivity contribution in [3.05, 3.63) is 35.5 Å². The molecule has 0 saturated carbocycles. The lowest BCUT2D eigenvalue weighted by Crippen LogP contribution is -2.39. The first-order valence-corrected chi connectivity index (χ1v) is 7.94. The van der Waals surface area contributed by atoms with Crippen molar-refractivity contribution in [1.82, 2.24) is 20.1 Å². The second-order valence-electron chi connectivity index (χ2n) is 5.18. The molecule has 1 aromatic heterocycles. The Morgan fingerprint density at radius 3 is 2.96 bits per heavy atom. The molecule has 2 heterocycles. The number of benzene rings is 1. The second-order valence-corrected chi connectivity index (χ2v) is 5.62. The first-order chi connectivity index (χ1) is 11.3. The first-order valence-electron chi connectivity index (χ1n) is 7.56. The van der Waals surface area contributed by atoms with Crippen LogP contribution in [0.3, 0.4) is 0 Å². The van der Waals surface area contributed by atoms with Gasteiger partial charge in [0, 0.05) is 36.9 Å². The molecule has 1 aliphatic heterocycles. The topological polar surface area (TPSA) is 75.2 Å². The molecule has 1 aliphatic rings.